The number of carboxylic acids is 1. The average Bonchev–Trinajstić information content (AvgIpc) is 2.68. The fourth-order valence-corrected chi connectivity index (χ4v) is 4.10. The van der Waals surface area contributed by atoms with E-state index >= 15 is 0 Å². The van der Waals surface area contributed by atoms with Gasteiger partial charge in [-0.3, -0.25) is 4.79 Å². The van der Waals surface area contributed by atoms with Crippen molar-refractivity contribution in [2.45, 2.75) is 63.5 Å². The van der Waals surface area contributed by atoms with Crippen molar-refractivity contribution in [3.8, 4) is 0 Å². The molecule has 3 rings (SSSR count). The van der Waals surface area contributed by atoms with Gasteiger partial charge >= 0.3 is 12.0 Å². The number of aliphatic carboxylic acids is 1. The highest BCUT2D eigenvalue weighted by molar-refractivity contribution is 5.74. The Bertz CT molecular complexity index is 641. The van der Waals surface area contributed by atoms with E-state index in [1.54, 1.807) is 0 Å². The molecule has 3 N–H and O–H groups in total. The number of carbonyl (C=O) groups excluding carboxylic acids is 1. The SMILES string of the molecule is O=C(NCCCOC1CCCc2ccccc21)NC1CCC(C(=O)O)CC1. The third kappa shape index (κ3) is 5.70. The number of hydrogen-bond acceptors (Lipinski definition) is 3. The van der Waals surface area contributed by atoms with Crippen molar-refractivity contribution < 1.29 is 19.4 Å². The van der Waals surface area contributed by atoms with Crippen molar-refractivity contribution in [1.82, 2.24) is 10.6 Å². The lowest BCUT2D eigenvalue weighted by atomic mass is 9.86. The fraction of sp³-hybridized carbons (Fsp3) is 0.619. The summed E-state index contributed by atoms with van der Waals surface area (Å²) >= 11 is 0. The van der Waals surface area contributed by atoms with Crippen molar-refractivity contribution in [1.29, 1.82) is 0 Å². The minimum atomic E-state index is -0.724. The smallest absolute Gasteiger partial charge is 0.315 e. The summed E-state index contributed by atoms with van der Waals surface area (Å²) in [5.41, 5.74) is 2.70. The zero-order chi connectivity index (χ0) is 19.1. The number of urea groups is 1. The van der Waals surface area contributed by atoms with E-state index in [1.165, 1.54) is 11.1 Å². The van der Waals surface area contributed by atoms with E-state index < -0.39 is 5.97 Å². The molecule has 0 spiro atoms. The molecule has 0 radical (unpaired) electrons. The number of ether oxygens (including phenoxy) is 1. The molecule has 0 bridgehead atoms. The Hall–Kier alpha value is -2.08. The van der Waals surface area contributed by atoms with Crippen LogP contribution in [0.1, 0.15) is 62.2 Å². The van der Waals surface area contributed by atoms with Crippen LogP contribution in [0.5, 0.6) is 0 Å². The summed E-state index contributed by atoms with van der Waals surface area (Å²) in [5.74, 6) is -0.980. The summed E-state index contributed by atoms with van der Waals surface area (Å²) in [6.45, 7) is 1.20. The first kappa shape index (κ1) is 19.7. The van der Waals surface area contributed by atoms with Crippen molar-refractivity contribution in [3.05, 3.63) is 35.4 Å². The lowest BCUT2D eigenvalue weighted by molar-refractivity contribution is -0.142. The summed E-state index contributed by atoms with van der Waals surface area (Å²) in [6, 6.07) is 8.39. The highest BCUT2D eigenvalue weighted by Crippen LogP contribution is 2.32. The third-order valence-electron chi connectivity index (χ3n) is 5.65. The molecule has 1 atom stereocenters. The highest BCUT2D eigenvalue weighted by atomic mass is 16.5. The number of hydrogen-bond donors (Lipinski definition) is 3. The number of carbonyl (C=O) groups is 2. The van der Waals surface area contributed by atoms with Gasteiger partial charge in [0.25, 0.3) is 0 Å². The summed E-state index contributed by atoms with van der Waals surface area (Å²) in [6.07, 6.45) is 7.03. The molecule has 1 unspecified atom stereocenters. The molecular weight excluding hydrogens is 344 g/mol. The molecule has 1 saturated carbocycles. The van der Waals surface area contributed by atoms with Gasteiger partial charge in [-0.2, -0.15) is 0 Å². The number of fused-ring (bicyclic) bond motifs is 1. The standard InChI is InChI=1S/C21H30N2O4/c24-20(25)16-9-11-17(12-10-16)23-21(26)22-13-4-14-27-19-8-3-6-15-5-1-2-7-18(15)19/h1-2,5,7,16-17,19H,3-4,6,8-14H2,(H,24,25)(H2,22,23,26). The van der Waals surface area contributed by atoms with E-state index in [-0.39, 0.29) is 24.1 Å². The Kier molecular flexibility index (Phi) is 7.10. The van der Waals surface area contributed by atoms with Gasteiger partial charge in [0.15, 0.2) is 0 Å². The molecule has 27 heavy (non-hydrogen) atoms. The molecule has 2 aliphatic carbocycles. The van der Waals surface area contributed by atoms with Crippen LogP contribution in [-0.4, -0.2) is 36.3 Å². The Balaban J connectivity index is 1.29. The van der Waals surface area contributed by atoms with Gasteiger partial charge in [-0.1, -0.05) is 24.3 Å². The Labute approximate surface area is 160 Å². The quantitative estimate of drug-likeness (QED) is 0.638. The maximum Gasteiger partial charge on any atom is 0.315 e. The topological polar surface area (TPSA) is 87.7 Å². The number of carboxylic acid groups (broad SMARTS) is 1. The number of rotatable bonds is 7. The zero-order valence-corrected chi connectivity index (χ0v) is 15.8. The number of nitrogens with one attached hydrogen (secondary N) is 2. The highest BCUT2D eigenvalue weighted by Gasteiger charge is 2.26. The molecule has 0 aromatic heterocycles. The third-order valence-corrected chi connectivity index (χ3v) is 5.65. The largest absolute Gasteiger partial charge is 0.481 e. The predicted molar refractivity (Wildman–Crippen MR) is 103 cm³/mol. The van der Waals surface area contributed by atoms with Crippen LogP contribution in [0.15, 0.2) is 24.3 Å². The van der Waals surface area contributed by atoms with Crippen LogP contribution in [0, 0.1) is 5.92 Å². The number of aryl methyl sites for hydroxylation is 1. The molecule has 2 amide bonds. The van der Waals surface area contributed by atoms with E-state index in [0.29, 0.717) is 26.0 Å². The van der Waals surface area contributed by atoms with E-state index in [2.05, 4.69) is 34.9 Å². The van der Waals surface area contributed by atoms with Crippen molar-refractivity contribution in [2.75, 3.05) is 13.2 Å². The molecule has 0 aliphatic heterocycles. The van der Waals surface area contributed by atoms with Gasteiger partial charge in [-0.05, 0) is 62.5 Å². The van der Waals surface area contributed by atoms with Gasteiger partial charge in [0.1, 0.15) is 0 Å². The molecule has 0 heterocycles. The summed E-state index contributed by atoms with van der Waals surface area (Å²) in [4.78, 5) is 22.9. The predicted octanol–water partition coefficient (Wildman–Crippen LogP) is 3.41. The van der Waals surface area contributed by atoms with Crippen LogP contribution in [0.2, 0.25) is 0 Å². The molecule has 148 valence electrons. The van der Waals surface area contributed by atoms with Crippen molar-refractivity contribution >= 4 is 12.0 Å². The van der Waals surface area contributed by atoms with Crippen LogP contribution in [0.4, 0.5) is 4.79 Å². The van der Waals surface area contributed by atoms with Crippen molar-refractivity contribution in [2.24, 2.45) is 5.92 Å². The Morgan fingerprint density at radius 2 is 1.89 bits per heavy atom. The summed E-state index contributed by atoms with van der Waals surface area (Å²) in [7, 11) is 0. The average molecular weight is 374 g/mol. The second-order valence-corrected chi connectivity index (χ2v) is 7.59. The maximum atomic E-state index is 12.0. The molecule has 0 saturated heterocycles. The van der Waals surface area contributed by atoms with Gasteiger partial charge < -0.3 is 20.5 Å². The number of amides is 2. The van der Waals surface area contributed by atoms with Crippen LogP contribution in [0.25, 0.3) is 0 Å². The van der Waals surface area contributed by atoms with Gasteiger partial charge in [0.2, 0.25) is 0 Å². The zero-order valence-electron chi connectivity index (χ0n) is 15.8. The van der Waals surface area contributed by atoms with Gasteiger partial charge in [-0.25, -0.2) is 4.79 Å². The number of benzene rings is 1. The first-order valence-electron chi connectivity index (χ1n) is 10.1. The molecular formula is C21H30N2O4. The first-order valence-corrected chi connectivity index (χ1v) is 10.1. The van der Waals surface area contributed by atoms with Crippen LogP contribution >= 0.6 is 0 Å². The van der Waals surface area contributed by atoms with E-state index in [0.717, 1.165) is 38.5 Å². The normalized spacial score (nSPS) is 24.7. The molecule has 1 aromatic rings. The molecule has 1 fully saturated rings. The van der Waals surface area contributed by atoms with E-state index in [1.807, 2.05) is 0 Å². The Morgan fingerprint density at radius 3 is 2.67 bits per heavy atom. The second-order valence-electron chi connectivity index (χ2n) is 7.59. The van der Waals surface area contributed by atoms with Gasteiger partial charge in [-0.15, -0.1) is 0 Å². The maximum absolute atomic E-state index is 12.0. The van der Waals surface area contributed by atoms with E-state index in [4.69, 9.17) is 9.84 Å². The molecule has 6 heteroatoms. The van der Waals surface area contributed by atoms with Crippen molar-refractivity contribution in [3.63, 3.8) is 0 Å². The minimum absolute atomic E-state index is 0.0793. The monoisotopic (exact) mass is 374 g/mol. The second kappa shape index (κ2) is 9.74. The van der Waals surface area contributed by atoms with Crippen LogP contribution in [0.3, 0.4) is 0 Å². The minimum Gasteiger partial charge on any atom is -0.481 e. The lowest BCUT2D eigenvalue weighted by Crippen LogP contribution is -2.44. The lowest BCUT2D eigenvalue weighted by Gasteiger charge is -2.27. The fourth-order valence-electron chi connectivity index (χ4n) is 4.10. The molecule has 2 aliphatic rings. The van der Waals surface area contributed by atoms with Crippen LogP contribution in [-0.2, 0) is 16.0 Å². The molecule has 6 nitrogen and oxygen atoms in total. The Morgan fingerprint density at radius 1 is 1.11 bits per heavy atom. The van der Waals surface area contributed by atoms with Gasteiger partial charge in [0.05, 0.1) is 12.0 Å². The molecule has 1 aromatic carbocycles. The first-order chi connectivity index (χ1) is 13.1. The van der Waals surface area contributed by atoms with E-state index in [9.17, 15) is 9.59 Å². The summed E-state index contributed by atoms with van der Waals surface area (Å²) in [5, 5.41) is 14.8. The van der Waals surface area contributed by atoms with Crippen LogP contribution < -0.4 is 10.6 Å². The summed E-state index contributed by atoms with van der Waals surface area (Å²) < 4.78 is 6.05. The van der Waals surface area contributed by atoms with Gasteiger partial charge in [0, 0.05) is 19.2 Å².